The Morgan fingerprint density at radius 2 is 2.36 bits per heavy atom. The number of rotatable bonds is 3. The number of likely N-dealkylation sites (tertiary alicyclic amines) is 1. The summed E-state index contributed by atoms with van der Waals surface area (Å²) in [5.41, 5.74) is 1.76. The topological polar surface area (TPSA) is 45.5 Å². The van der Waals surface area contributed by atoms with Gasteiger partial charge in [0.05, 0.1) is 6.10 Å². The number of aliphatic hydroxyl groups excluding tert-OH is 1. The Hall–Kier alpha value is -1.13. The molecule has 4 nitrogen and oxygen atoms in total. The Kier molecular flexibility index (Phi) is 2.39. The van der Waals surface area contributed by atoms with Gasteiger partial charge in [-0.05, 0) is 6.07 Å². The molecule has 14 heavy (non-hydrogen) atoms. The van der Waals surface area contributed by atoms with Crippen LogP contribution in [0.4, 0.5) is 0 Å². The minimum absolute atomic E-state index is 0.185. The van der Waals surface area contributed by atoms with Crippen molar-refractivity contribution in [1.29, 1.82) is 0 Å². The molecule has 0 bridgehead atoms. The zero-order chi connectivity index (χ0) is 10.1. The lowest BCUT2D eigenvalue weighted by molar-refractivity contribution is -0.00403. The third kappa shape index (κ3) is 1.58. The molecule has 2 rings (SSSR count). The second-order valence-corrected chi connectivity index (χ2v) is 3.79. The lowest BCUT2D eigenvalue weighted by atomic mass is 10.1. The number of nitrogens with zero attached hydrogens (tertiary/aromatic N) is 2. The molecule has 1 aliphatic heterocycles. The second-order valence-electron chi connectivity index (χ2n) is 3.79. The van der Waals surface area contributed by atoms with Crippen LogP contribution < -0.4 is 0 Å². The van der Waals surface area contributed by atoms with Crippen LogP contribution in [0.2, 0.25) is 0 Å². The fourth-order valence-electron chi connectivity index (χ4n) is 1.78. The van der Waals surface area contributed by atoms with Crippen LogP contribution in [0.3, 0.4) is 0 Å². The van der Waals surface area contributed by atoms with Gasteiger partial charge in [0, 0.05) is 44.1 Å². The highest BCUT2D eigenvalue weighted by atomic mass is 16.3. The lowest BCUT2D eigenvalue weighted by Gasteiger charge is -2.35. The summed E-state index contributed by atoms with van der Waals surface area (Å²) in [5.74, 6) is 0. The van der Waals surface area contributed by atoms with Gasteiger partial charge in [0.1, 0.15) is 0 Å². The Labute approximate surface area is 82.7 Å². The summed E-state index contributed by atoms with van der Waals surface area (Å²) < 4.78 is 1.95. The third-order valence-electron chi connectivity index (χ3n) is 2.67. The average molecular weight is 194 g/mol. The van der Waals surface area contributed by atoms with E-state index in [2.05, 4.69) is 4.90 Å². The van der Waals surface area contributed by atoms with Crippen LogP contribution in [0, 0.1) is 0 Å². The quantitative estimate of drug-likeness (QED) is 0.690. The SMILES string of the molecule is Cn1ccc(C=O)c1CN1CC(O)C1. The lowest BCUT2D eigenvalue weighted by Crippen LogP contribution is -2.50. The van der Waals surface area contributed by atoms with Crippen molar-refractivity contribution in [2.75, 3.05) is 13.1 Å². The molecule has 0 saturated carbocycles. The van der Waals surface area contributed by atoms with Crippen LogP contribution in [-0.4, -0.2) is 40.1 Å². The summed E-state index contributed by atoms with van der Waals surface area (Å²) in [5, 5.41) is 9.12. The predicted molar refractivity (Wildman–Crippen MR) is 52.1 cm³/mol. The molecule has 1 aromatic rings. The van der Waals surface area contributed by atoms with Crippen molar-refractivity contribution < 1.29 is 9.90 Å². The smallest absolute Gasteiger partial charge is 0.151 e. The molecule has 1 aromatic heterocycles. The Morgan fingerprint density at radius 3 is 2.93 bits per heavy atom. The van der Waals surface area contributed by atoms with Gasteiger partial charge in [-0.2, -0.15) is 0 Å². The number of aliphatic hydroxyl groups is 1. The van der Waals surface area contributed by atoms with Crippen LogP contribution in [0.5, 0.6) is 0 Å². The summed E-state index contributed by atoms with van der Waals surface area (Å²) in [4.78, 5) is 12.8. The number of β-amino-alcohol motifs (C(OH)–C–C–N with tert-alkyl or cyclic N) is 1. The van der Waals surface area contributed by atoms with Gasteiger partial charge in [0.15, 0.2) is 6.29 Å². The fraction of sp³-hybridized carbons (Fsp3) is 0.500. The van der Waals surface area contributed by atoms with Gasteiger partial charge in [0.2, 0.25) is 0 Å². The van der Waals surface area contributed by atoms with E-state index in [1.54, 1.807) is 0 Å². The fourth-order valence-corrected chi connectivity index (χ4v) is 1.78. The van der Waals surface area contributed by atoms with Gasteiger partial charge in [-0.25, -0.2) is 0 Å². The molecule has 0 aromatic carbocycles. The predicted octanol–water partition coefficient (Wildman–Crippen LogP) is 0.0141. The molecule has 0 unspecified atom stereocenters. The maximum Gasteiger partial charge on any atom is 0.151 e. The highest BCUT2D eigenvalue weighted by Crippen LogP contribution is 2.15. The number of hydrogen-bond donors (Lipinski definition) is 1. The van der Waals surface area contributed by atoms with Crippen LogP contribution in [-0.2, 0) is 13.6 Å². The first kappa shape index (κ1) is 9.43. The van der Waals surface area contributed by atoms with Gasteiger partial charge in [0.25, 0.3) is 0 Å². The normalized spacial score (nSPS) is 18.1. The molecule has 2 heterocycles. The third-order valence-corrected chi connectivity index (χ3v) is 2.67. The second kappa shape index (κ2) is 3.55. The Bertz CT molecular complexity index is 340. The van der Waals surface area contributed by atoms with E-state index in [0.717, 1.165) is 24.1 Å². The number of aryl methyl sites for hydroxylation is 1. The number of hydrogen-bond acceptors (Lipinski definition) is 3. The van der Waals surface area contributed by atoms with Gasteiger partial charge in [-0.1, -0.05) is 0 Å². The zero-order valence-corrected chi connectivity index (χ0v) is 8.18. The first-order chi connectivity index (χ1) is 6.70. The molecule has 76 valence electrons. The molecule has 0 aliphatic carbocycles. The van der Waals surface area contributed by atoms with Crippen molar-refractivity contribution in [3.63, 3.8) is 0 Å². The molecular weight excluding hydrogens is 180 g/mol. The first-order valence-electron chi connectivity index (χ1n) is 4.70. The van der Waals surface area contributed by atoms with Crippen LogP contribution >= 0.6 is 0 Å². The summed E-state index contributed by atoms with van der Waals surface area (Å²) in [6.45, 7) is 2.17. The number of carbonyl (C=O) groups excluding carboxylic acids is 1. The molecule has 0 amide bonds. The van der Waals surface area contributed by atoms with Crippen LogP contribution in [0.1, 0.15) is 16.1 Å². The van der Waals surface area contributed by atoms with Gasteiger partial charge in [-0.15, -0.1) is 0 Å². The average Bonchev–Trinajstić information content (AvgIpc) is 2.45. The minimum Gasteiger partial charge on any atom is -0.390 e. The summed E-state index contributed by atoms with van der Waals surface area (Å²) in [6.07, 6.45) is 2.58. The molecule has 1 N–H and O–H groups in total. The van der Waals surface area contributed by atoms with Crippen molar-refractivity contribution in [3.05, 3.63) is 23.5 Å². The van der Waals surface area contributed by atoms with E-state index >= 15 is 0 Å². The monoisotopic (exact) mass is 194 g/mol. The van der Waals surface area contributed by atoms with E-state index in [0.29, 0.717) is 13.1 Å². The van der Waals surface area contributed by atoms with E-state index in [1.165, 1.54) is 0 Å². The van der Waals surface area contributed by atoms with Crippen LogP contribution in [0.25, 0.3) is 0 Å². The van der Waals surface area contributed by atoms with E-state index in [1.807, 2.05) is 23.9 Å². The van der Waals surface area contributed by atoms with Gasteiger partial charge >= 0.3 is 0 Å². The summed E-state index contributed by atoms with van der Waals surface area (Å²) >= 11 is 0. The molecule has 1 saturated heterocycles. The van der Waals surface area contributed by atoms with Gasteiger partial charge < -0.3 is 9.67 Å². The molecular formula is C10H14N2O2. The number of carbonyl (C=O) groups is 1. The van der Waals surface area contributed by atoms with Crippen molar-refractivity contribution >= 4 is 6.29 Å². The van der Waals surface area contributed by atoms with Crippen molar-refractivity contribution in [3.8, 4) is 0 Å². The number of aromatic nitrogens is 1. The maximum atomic E-state index is 10.7. The van der Waals surface area contributed by atoms with E-state index in [4.69, 9.17) is 5.11 Å². The molecule has 0 atom stereocenters. The highest BCUT2D eigenvalue weighted by Gasteiger charge is 2.25. The van der Waals surface area contributed by atoms with E-state index in [9.17, 15) is 4.79 Å². The molecule has 1 aliphatic rings. The molecule has 1 fully saturated rings. The highest BCUT2D eigenvalue weighted by molar-refractivity contribution is 5.76. The molecule has 0 spiro atoms. The summed E-state index contributed by atoms with van der Waals surface area (Å²) in [6, 6.07) is 1.82. The number of aldehydes is 1. The van der Waals surface area contributed by atoms with Crippen molar-refractivity contribution in [2.45, 2.75) is 12.6 Å². The van der Waals surface area contributed by atoms with Crippen molar-refractivity contribution in [1.82, 2.24) is 9.47 Å². The van der Waals surface area contributed by atoms with Gasteiger partial charge in [-0.3, -0.25) is 9.69 Å². The zero-order valence-electron chi connectivity index (χ0n) is 8.18. The Balaban J connectivity index is 2.07. The first-order valence-corrected chi connectivity index (χ1v) is 4.70. The van der Waals surface area contributed by atoms with Crippen LogP contribution in [0.15, 0.2) is 12.3 Å². The van der Waals surface area contributed by atoms with E-state index in [-0.39, 0.29) is 6.10 Å². The standard InChI is InChI=1S/C10H14N2O2/c1-11-3-2-8(7-13)10(11)6-12-4-9(14)5-12/h2-3,7,9,14H,4-6H2,1H3. The largest absolute Gasteiger partial charge is 0.390 e. The minimum atomic E-state index is -0.185. The molecule has 0 radical (unpaired) electrons. The summed E-state index contributed by atoms with van der Waals surface area (Å²) in [7, 11) is 1.93. The maximum absolute atomic E-state index is 10.7. The van der Waals surface area contributed by atoms with Crippen molar-refractivity contribution in [2.24, 2.45) is 7.05 Å². The Morgan fingerprint density at radius 1 is 1.64 bits per heavy atom. The molecule has 4 heteroatoms. The van der Waals surface area contributed by atoms with E-state index < -0.39 is 0 Å².